The first kappa shape index (κ1) is 21.9. The first-order chi connectivity index (χ1) is 15.5. The number of para-hydroxylation sites is 1. The molecule has 0 radical (unpaired) electrons. The number of carbonyl (C=O) groups is 2. The lowest BCUT2D eigenvalue weighted by Gasteiger charge is -2.33. The second-order valence-electron chi connectivity index (χ2n) is 8.20. The van der Waals surface area contributed by atoms with Crippen LogP contribution < -0.4 is 10.1 Å². The van der Waals surface area contributed by atoms with Crippen molar-refractivity contribution in [2.45, 2.75) is 12.8 Å². The van der Waals surface area contributed by atoms with Gasteiger partial charge in [-0.15, -0.1) is 0 Å². The Labute approximate surface area is 188 Å². The topological polar surface area (TPSA) is 77.7 Å². The van der Waals surface area contributed by atoms with Crippen molar-refractivity contribution < 1.29 is 14.3 Å². The predicted octanol–water partition coefficient (Wildman–Crippen LogP) is 2.59. The first-order valence-corrected chi connectivity index (χ1v) is 11.0. The van der Waals surface area contributed by atoms with E-state index in [0.29, 0.717) is 26.2 Å². The molecular formula is C25H30N4O3. The van der Waals surface area contributed by atoms with Crippen LogP contribution in [0.2, 0.25) is 0 Å². The van der Waals surface area contributed by atoms with Gasteiger partial charge in [0.15, 0.2) is 0 Å². The number of methoxy groups -OCH3 is 1. The van der Waals surface area contributed by atoms with Gasteiger partial charge in [-0.1, -0.05) is 30.3 Å². The van der Waals surface area contributed by atoms with E-state index in [1.54, 1.807) is 14.0 Å². The number of ether oxygens (including phenoxy) is 1. The largest absolute Gasteiger partial charge is 0.497 e. The second-order valence-corrected chi connectivity index (χ2v) is 8.20. The smallest absolute Gasteiger partial charge is 0.234 e. The molecule has 3 aromatic rings. The van der Waals surface area contributed by atoms with Crippen LogP contribution in [-0.4, -0.2) is 73.0 Å². The lowest BCUT2D eigenvalue weighted by atomic mass is 9.90. The Morgan fingerprint density at radius 1 is 1.06 bits per heavy atom. The molecule has 0 saturated carbocycles. The molecule has 2 aromatic carbocycles. The van der Waals surface area contributed by atoms with E-state index < -0.39 is 0 Å². The van der Waals surface area contributed by atoms with Gasteiger partial charge in [0.1, 0.15) is 5.75 Å². The van der Waals surface area contributed by atoms with E-state index in [0.717, 1.165) is 40.9 Å². The summed E-state index contributed by atoms with van der Waals surface area (Å²) in [5.41, 5.74) is 3.35. The van der Waals surface area contributed by atoms with Gasteiger partial charge in [0.25, 0.3) is 0 Å². The van der Waals surface area contributed by atoms with Crippen molar-refractivity contribution in [1.82, 2.24) is 20.1 Å². The van der Waals surface area contributed by atoms with E-state index >= 15 is 0 Å². The summed E-state index contributed by atoms with van der Waals surface area (Å²) in [5.74, 6) is 0.908. The highest BCUT2D eigenvalue weighted by molar-refractivity contribution is 5.84. The van der Waals surface area contributed by atoms with E-state index in [-0.39, 0.29) is 17.7 Å². The van der Waals surface area contributed by atoms with Gasteiger partial charge in [0.2, 0.25) is 11.8 Å². The van der Waals surface area contributed by atoms with E-state index in [1.165, 1.54) is 0 Å². The minimum Gasteiger partial charge on any atom is -0.497 e. The average Bonchev–Trinajstić information content (AvgIpc) is 3.24. The van der Waals surface area contributed by atoms with Crippen LogP contribution in [0.5, 0.6) is 5.75 Å². The van der Waals surface area contributed by atoms with Crippen LogP contribution in [0.15, 0.2) is 54.7 Å². The van der Waals surface area contributed by atoms with Crippen LogP contribution in [-0.2, 0) is 9.59 Å². The molecule has 7 nitrogen and oxygen atoms in total. The first-order valence-electron chi connectivity index (χ1n) is 11.0. The van der Waals surface area contributed by atoms with Gasteiger partial charge in [-0.3, -0.25) is 14.5 Å². The predicted molar refractivity (Wildman–Crippen MR) is 125 cm³/mol. The Bertz CT molecular complexity index is 1070. The Balaban J connectivity index is 1.46. The van der Waals surface area contributed by atoms with Crippen molar-refractivity contribution in [1.29, 1.82) is 0 Å². The molecule has 0 bridgehead atoms. The normalized spacial score (nSPS) is 15.5. The van der Waals surface area contributed by atoms with Crippen molar-refractivity contribution in [2.24, 2.45) is 0 Å². The highest BCUT2D eigenvalue weighted by Gasteiger charge is 2.22. The zero-order chi connectivity index (χ0) is 22.5. The number of H-pyrrole nitrogens is 1. The average molecular weight is 435 g/mol. The molecule has 7 heteroatoms. The molecule has 1 aromatic heterocycles. The van der Waals surface area contributed by atoms with Crippen molar-refractivity contribution in [3.8, 4) is 5.75 Å². The van der Waals surface area contributed by atoms with Gasteiger partial charge in [-0.2, -0.15) is 0 Å². The Kier molecular flexibility index (Phi) is 6.75. The number of fused-ring (bicyclic) bond motifs is 1. The fourth-order valence-corrected chi connectivity index (χ4v) is 4.32. The van der Waals surface area contributed by atoms with Gasteiger partial charge in [0, 0.05) is 62.7 Å². The molecule has 1 aliphatic rings. The third kappa shape index (κ3) is 4.94. The summed E-state index contributed by atoms with van der Waals surface area (Å²) in [4.78, 5) is 31.5. The van der Waals surface area contributed by atoms with Crippen LogP contribution in [0, 0.1) is 0 Å². The van der Waals surface area contributed by atoms with Crippen LogP contribution in [0.1, 0.15) is 24.0 Å². The minimum atomic E-state index is -0.000344. The zero-order valence-electron chi connectivity index (χ0n) is 18.6. The molecule has 0 spiro atoms. The van der Waals surface area contributed by atoms with Gasteiger partial charge < -0.3 is 19.9 Å². The molecular weight excluding hydrogens is 404 g/mol. The number of rotatable bonds is 7. The SMILES string of the molecule is COc1ccc([C@H](CNC(=O)CN2CCN(C(C)=O)CC2)c2c[nH]c3ccccc23)cc1. The molecule has 2 amide bonds. The quantitative estimate of drug-likeness (QED) is 0.599. The molecule has 0 unspecified atom stereocenters. The molecule has 1 saturated heterocycles. The van der Waals surface area contributed by atoms with Crippen LogP contribution in [0.25, 0.3) is 10.9 Å². The summed E-state index contributed by atoms with van der Waals surface area (Å²) in [7, 11) is 1.66. The Morgan fingerprint density at radius 3 is 2.47 bits per heavy atom. The minimum absolute atomic E-state index is 0.000344. The molecule has 168 valence electrons. The fourth-order valence-electron chi connectivity index (χ4n) is 4.32. The number of hydrogen-bond donors (Lipinski definition) is 2. The Morgan fingerprint density at radius 2 is 1.78 bits per heavy atom. The van der Waals surface area contributed by atoms with E-state index in [2.05, 4.69) is 39.5 Å². The highest BCUT2D eigenvalue weighted by atomic mass is 16.5. The summed E-state index contributed by atoms with van der Waals surface area (Å²) in [6.45, 7) is 5.22. The summed E-state index contributed by atoms with van der Waals surface area (Å²) < 4.78 is 5.31. The number of nitrogens with one attached hydrogen (secondary N) is 2. The molecule has 0 aliphatic carbocycles. The molecule has 32 heavy (non-hydrogen) atoms. The van der Waals surface area contributed by atoms with E-state index in [9.17, 15) is 9.59 Å². The summed E-state index contributed by atoms with van der Waals surface area (Å²) in [5, 5.41) is 4.29. The van der Waals surface area contributed by atoms with E-state index in [1.807, 2.05) is 35.4 Å². The molecule has 4 rings (SSSR count). The summed E-state index contributed by atoms with van der Waals surface area (Å²) in [6, 6.07) is 16.2. The van der Waals surface area contributed by atoms with Gasteiger partial charge in [-0.05, 0) is 29.3 Å². The monoisotopic (exact) mass is 434 g/mol. The molecule has 1 aliphatic heterocycles. The standard InChI is InChI=1S/C25H30N4O3/c1-18(30)29-13-11-28(12-14-29)17-25(31)27-15-22(19-7-9-20(32-2)10-8-19)23-16-26-24-6-4-3-5-21(23)24/h3-10,16,22,26H,11-15,17H2,1-2H3,(H,27,31)/t22-/m0/s1. The lowest BCUT2D eigenvalue weighted by Crippen LogP contribution is -2.50. The van der Waals surface area contributed by atoms with Crippen LogP contribution in [0.4, 0.5) is 0 Å². The molecule has 2 heterocycles. The van der Waals surface area contributed by atoms with Gasteiger partial charge >= 0.3 is 0 Å². The van der Waals surface area contributed by atoms with Crippen LogP contribution >= 0.6 is 0 Å². The van der Waals surface area contributed by atoms with Crippen molar-refractivity contribution in [3.05, 3.63) is 65.9 Å². The number of piperazine rings is 1. The van der Waals surface area contributed by atoms with Crippen molar-refractivity contribution in [3.63, 3.8) is 0 Å². The fraction of sp³-hybridized carbons (Fsp3) is 0.360. The maximum atomic E-state index is 12.7. The third-order valence-corrected chi connectivity index (χ3v) is 6.20. The number of benzene rings is 2. The maximum Gasteiger partial charge on any atom is 0.234 e. The summed E-state index contributed by atoms with van der Waals surface area (Å²) >= 11 is 0. The number of amides is 2. The summed E-state index contributed by atoms with van der Waals surface area (Å²) in [6.07, 6.45) is 2.03. The number of carbonyl (C=O) groups excluding carboxylic acids is 2. The van der Waals surface area contributed by atoms with Crippen LogP contribution in [0.3, 0.4) is 0 Å². The molecule has 2 N–H and O–H groups in total. The highest BCUT2D eigenvalue weighted by Crippen LogP contribution is 2.31. The van der Waals surface area contributed by atoms with Gasteiger partial charge in [-0.25, -0.2) is 0 Å². The van der Waals surface area contributed by atoms with Crippen molar-refractivity contribution in [2.75, 3.05) is 46.4 Å². The maximum absolute atomic E-state index is 12.7. The van der Waals surface area contributed by atoms with Gasteiger partial charge in [0.05, 0.1) is 13.7 Å². The third-order valence-electron chi connectivity index (χ3n) is 6.20. The second kappa shape index (κ2) is 9.87. The lowest BCUT2D eigenvalue weighted by molar-refractivity contribution is -0.131. The number of nitrogens with zero attached hydrogens (tertiary/aromatic N) is 2. The Hall–Kier alpha value is -3.32. The molecule has 1 fully saturated rings. The number of aromatic nitrogens is 1. The zero-order valence-corrected chi connectivity index (χ0v) is 18.6. The van der Waals surface area contributed by atoms with Crippen molar-refractivity contribution >= 4 is 22.7 Å². The number of aromatic amines is 1. The van der Waals surface area contributed by atoms with E-state index in [4.69, 9.17) is 4.74 Å². The molecule has 1 atom stereocenters. The number of hydrogen-bond acceptors (Lipinski definition) is 4.